The molecule has 10 unspecified atom stereocenters. The molecular weight excluding hydrogens is 603 g/mol. The highest BCUT2D eigenvalue weighted by Gasteiger charge is 2.40. The Hall–Kier alpha value is -1.69. The molecule has 4 fully saturated rings. The Kier molecular flexibility index (Phi) is 14.7. The summed E-state index contributed by atoms with van der Waals surface area (Å²) in [6, 6.07) is 0. The van der Waals surface area contributed by atoms with E-state index < -0.39 is 23.9 Å². The van der Waals surface area contributed by atoms with E-state index in [-0.39, 0.29) is 23.7 Å². The van der Waals surface area contributed by atoms with Crippen molar-refractivity contribution >= 4 is 33.1 Å². The van der Waals surface area contributed by atoms with Gasteiger partial charge in [0, 0.05) is 0 Å². The van der Waals surface area contributed by atoms with E-state index in [0.717, 1.165) is 141 Å². The zero-order valence-corrected chi connectivity index (χ0v) is 29.1. The minimum Gasteiger partial charge on any atom is -0.481 e. The highest BCUT2D eigenvalue weighted by molar-refractivity contribution is 7.17. The second-order valence-corrected chi connectivity index (χ2v) is 16.7. The van der Waals surface area contributed by atoms with Crippen molar-refractivity contribution in [3.8, 4) is 0 Å². The fourth-order valence-corrected chi connectivity index (χ4v) is 10.8. The van der Waals surface area contributed by atoms with E-state index in [4.69, 9.17) is 0 Å². The van der Waals surface area contributed by atoms with Crippen LogP contribution in [0.25, 0.3) is 0 Å². The van der Waals surface area contributed by atoms with Crippen molar-refractivity contribution < 1.29 is 39.6 Å². The Balaban J connectivity index is 1.32. The highest BCUT2D eigenvalue weighted by atomic mass is 31.0. The second kappa shape index (κ2) is 18.2. The molecule has 0 spiro atoms. The Bertz CT molecular complexity index is 949. The summed E-state index contributed by atoms with van der Waals surface area (Å²) >= 11 is 0. The summed E-state index contributed by atoms with van der Waals surface area (Å²) in [7, 11) is 3.06. The number of hydrogen-bond donors (Lipinski definition) is 4. The van der Waals surface area contributed by atoms with Crippen LogP contribution in [-0.2, 0) is 19.2 Å². The van der Waals surface area contributed by atoms with Gasteiger partial charge in [0.15, 0.2) is 0 Å². The van der Waals surface area contributed by atoms with Crippen LogP contribution in [0.4, 0.5) is 0 Å². The van der Waals surface area contributed by atoms with Gasteiger partial charge in [0.05, 0.1) is 23.7 Å². The number of unbranched alkanes of at least 4 members (excludes halogenated alkanes) is 1. The molecule has 46 heavy (non-hydrogen) atoms. The molecule has 10 atom stereocenters. The molecule has 4 N–H and O–H groups in total. The Morgan fingerprint density at radius 2 is 0.761 bits per heavy atom. The van der Waals surface area contributed by atoms with Crippen molar-refractivity contribution in [2.75, 3.05) is 0 Å². The molecule has 4 saturated carbocycles. The van der Waals surface area contributed by atoms with E-state index in [1.165, 1.54) is 0 Å². The van der Waals surface area contributed by atoms with E-state index in [1.807, 2.05) is 0 Å². The predicted octanol–water partition coefficient (Wildman–Crippen LogP) is 8.37. The van der Waals surface area contributed by atoms with Gasteiger partial charge in [-0.1, -0.05) is 64.2 Å². The fraction of sp³-hybridized carbons (Fsp3) is 0.892. The standard InChI is InChI=1S/C37H61O8P/c38-34(39)27-11-3-7-23(19-27)32(24-8-4-12-28(20-24)35(40)41)16-2-1-15-31(46)17-18-33(25-9-5-13-29(21-25)36(42)43)26-10-6-14-30(22-26)37(44)45/h23-33H,1-22,46H2,(H,38,39)(H,40,41)(H,42,43)(H,44,45). The van der Waals surface area contributed by atoms with E-state index in [0.29, 0.717) is 41.2 Å². The van der Waals surface area contributed by atoms with Gasteiger partial charge in [-0.25, -0.2) is 0 Å². The first-order chi connectivity index (χ1) is 22.0. The van der Waals surface area contributed by atoms with Crippen LogP contribution >= 0.6 is 9.24 Å². The van der Waals surface area contributed by atoms with Gasteiger partial charge in [-0.3, -0.25) is 19.2 Å². The van der Waals surface area contributed by atoms with Crippen LogP contribution in [0, 0.1) is 59.2 Å². The minimum atomic E-state index is -0.684. The topological polar surface area (TPSA) is 149 Å². The molecule has 4 aliphatic rings. The second-order valence-electron chi connectivity index (χ2n) is 15.8. The Morgan fingerprint density at radius 3 is 1.09 bits per heavy atom. The van der Waals surface area contributed by atoms with Gasteiger partial charge in [0.1, 0.15) is 0 Å². The maximum atomic E-state index is 11.9. The third kappa shape index (κ3) is 10.7. The first-order valence-corrected chi connectivity index (χ1v) is 19.4. The molecule has 0 amide bonds. The first kappa shape index (κ1) is 37.1. The van der Waals surface area contributed by atoms with Crippen LogP contribution in [0.15, 0.2) is 0 Å². The van der Waals surface area contributed by atoms with Crippen LogP contribution < -0.4 is 0 Å². The molecule has 0 aliphatic heterocycles. The molecule has 8 nitrogen and oxygen atoms in total. The van der Waals surface area contributed by atoms with Crippen molar-refractivity contribution in [2.24, 2.45) is 59.2 Å². The van der Waals surface area contributed by atoms with Crippen LogP contribution in [-0.4, -0.2) is 50.0 Å². The summed E-state index contributed by atoms with van der Waals surface area (Å²) in [5.41, 5.74) is 0.454. The number of aliphatic carboxylic acids is 4. The van der Waals surface area contributed by atoms with Crippen LogP contribution in [0.2, 0.25) is 0 Å². The van der Waals surface area contributed by atoms with Crippen molar-refractivity contribution in [3.63, 3.8) is 0 Å². The smallest absolute Gasteiger partial charge is 0.306 e. The summed E-state index contributed by atoms with van der Waals surface area (Å²) < 4.78 is 0. The van der Waals surface area contributed by atoms with Gasteiger partial charge in [-0.15, -0.1) is 9.24 Å². The molecule has 0 aromatic rings. The number of rotatable bonds is 16. The maximum absolute atomic E-state index is 11.9. The third-order valence-corrected chi connectivity index (χ3v) is 13.6. The zero-order valence-electron chi connectivity index (χ0n) is 27.9. The molecule has 0 heterocycles. The molecule has 0 radical (unpaired) electrons. The van der Waals surface area contributed by atoms with Crippen LogP contribution in [0.5, 0.6) is 0 Å². The van der Waals surface area contributed by atoms with Gasteiger partial charge in [-0.05, 0) is 118 Å². The van der Waals surface area contributed by atoms with E-state index >= 15 is 0 Å². The maximum Gasteiger partial charge on any atom is 0.306 e. The third-order valence-electron chi connectivity index (χ3n) is 12.9. The SMILES string of the molecule is O=C(O)C1CCCC(C(CCCCC(P)CCC(C2CCCC(C(=O)O)C2)C2CCCC(C(=O)O)C2)C2CCCC(C(=O)O)C2)C1. The monoisotopic (exact) mass is 664 g/mol. The average Bonchev–Trinajstić information content (AvgIpc) is 3.05. The zero-order chi connectivity index (χ0) is 33.2. The van der Waals surface area contributed by atoms with Crippen LogP contribution in [0.1, 0.15) is 141 Å². The number of carboxylic acid groups (broad SMARTS) is 4. The van der Waals surface area contributed by atoms with Gasteiger partial charge in [0.25, 0.3) is 0 Å². The number of hydrogen-bond acceptors (Lipinski definition) is 4. The van der Waals surface area contributed by atoms with E-state index in [1.54, 1.807) is 0 Å². The summed E-state index contributed by atoms with van der Waals surface area (Å²) in [5.74, 6) is -1.56. The molecule has 9 heteroatoms. The lowest BCUT2D eigenvalue weighted by molar-refractivity contribution is -0.145. The minimum absolute atomic E-state index is 0.269. The molecule has 0 saturated heterocycles. The van der Waals surface area contributed by atoms with Crippen LogP contribution in [0.3, 0.4) is 0 Å². The highest BCUT2D eigenvalue weighted by Crippen LogP contribution is 2.47. The summed E-state index contributed by atoms with van der Waals surface area (Å²) in [6.45, 7) is 0. The lowest BCUT2D eigenvalue weighted by Gasteiger charge is -2.41. The van der Waals surface area contributed by atoms with E-state index in [2.05, 4.69) is 9.24 Å². The molecular formula is C37H61O8P. The van der Waals surface area contributed by atoms with Crippen molar-refractivity contribution in [2.45, 2.75) is 147 Å². The first-order valence-electron chi connectivity index (χ1n) is 18.7. The fourth-order valence-electron chi connectivity index (χ4n) is 10.4. The van der Waals surface area contributed by atoms with Gasteiger partial charge in [-0.2, -0.15) is 0 Å². The molecule has 262 valence electrons. The molecule has 0 aromatic carbocycles. The summed E-state index contributed by atoms with van der Waals surface area (Å²) in [6.07, 6.45) is 20.3. The average molecular weight is 665 g/mol. The molecule has 0 aromatic heterocycles. The Morgan fingerprint density at radius 1 is 0.457 bits per heavy atom. The van der Waals surface area contributed by atoms with Crippen molar-refractivity contribution in [3.05, 3.63) is 0 Å². The van der Waals surface area contributed by atoms with Crippen molar-refractivity contribution in [1.29, 1.82) is 0 Å². The molecule has 4 aliphatic carbocycles. The van der Waals surface area contributed by atoms with Crippen molar-refractivity contribution in [1.82, 2.24) is 0 Å². The quantitative estimate of drug-likeness (QED) is 0.0950. The lowest BCUT2D eigenvalue weighted by atomic mass is 9.64. The van der Waals surface area contributed by atoms with E-state index in [9.17, 15) is 39.6 Å². The van der Waals surface area contributed by atoms with Gasteiger partial charge < -0.3 is 20.4 Å². The summed E-state index contributed by atoms with van der Waals surface area (Å²) in [4.78, 5) is 47.4. The van der Waals surface area contributed by atoms with Gasteiger partial charge in [0.2, 0.25) is 0 Å². The molecule has 4 rings (SSSR count). The normalized spacial score (nSPS) is 34.2. The molecule has 0 bridgehead atoms. The number of carboxylic acids is 4. The lowest BCUT2D eigenvalue weighted by Crippen LogP contribution is -2.35. The van der Waals surface area contributed by atoms with Gasteiger partial charge >= 0.3 is 23.9 Å². The predicted molar refractivity (Wildman–Crippen MR) is 181 cm³/mol. The summed E-state index contributed by atoms with van der Waals surface area (Å²) in [5, 5.41) is 39.0. The Labute approximate surface area is 278 Å². The largest absolute Gasteiger partial charge is 0.481 e. The number of carbonyl (C=O) groups is 4.